The van der Waals surface area contributed by atoms with E-state index in [2.05, 4.69) is 15.0 Å². The van der Waals surface area contributed by atoms with Gasteiger partial charge in [-0.15, -0.1) is 0 Å². The fourth-order valence-corrected chi connectivity index (χ4v) is 0.916. The summed E-state index contributed by atoms with van der Waals surface area (Å²) in [6.45, 7) is 0. The largest absolute Gasteiger partial charge is 0.504 e. The van der Waals surface area contributed by atoms with Gasteiger partial charge in [0.05, 0.1) is 13.4 Å². The molecule has 0 bridgehead atoms. The second-order valence-corrected chi connectivity index (χ2v) is 2.74. The standard InChI is InChI=1S/C9H10O.C3H3N3/c1-10-8-7-9-5-3-2-4-6-9;1-4-2-6-3-5-1/h2-8H,1H3;1-3H. The molecule has 0 saturated carbocycles. The highest BCUT2D eigenvalue weighted by Crippen LogP contribution is 1.99. The minimum Gasteiger partial charge on any atom is -0.504 e. The number of hydrogen-bond donors (Lipinski definition) is 0. The molecule has 16 heavy (non-hydrogen) atoms. The van der Waals surface area contributed by atoms with Crippen molar-refractivity contribution in [1.82, 2.24) is 15.0 Å². The molecule has 0 radical (unpaired) electrons. The van der Waals surface area contributed by atoms with Gasteiger partial charge in [-0.3, -0.25) is 0 Å². The quantitative estimate of drug-likeness (QED) is 0.720. The van der Waals surface area contributed by atoms with Crippen LogP contribution in [0.3, 0.4) is 0 Å². The Bertz CT molecular complexity index is 363. The first-order valence-electron chi connectivity index (χ1n) is 4.73. The maximum Gasteiger partial charge on any atom is 0.119 e. The highest BCUT2D eigenvalue weighted by molar-refractivity contribution is 5.47. The lowest BCUT2D eigenvalue weighted by atomic mass is 10.2. The number of aromatic nitrogens is 3. The first-order chi connectivity index (χ1) is 7.93. The number of benzene rings is 1. The Kier molecular flexibility index (Phi) is 6.00. The normalized spacial score (nSPS) is 9.31. The van der Waals surface area contributed by atoms with Crippen molar-refractivity contribution in [3.05, 3.63) is 61.1 Å². The lowest BCUT2D eigenvalue weighted by molar-refractivity contribution is 0.341. The van der Waals surface area contributed by atoms with Crippen LogP contribution in [-0.4, -0.2) is 22.1 Å². The van der Waals surface area contributed by atoms with E-state index < -0.39 is 0 Å². The number of nitrogens with zero attached hydrogens (tertiary/aromatic N) is 3. The average molecular weight is 215 g/mol. The van der Waals surface area contributed by atoms with E-state index in [4.69, 9.17) is 4.74 Å². The molecule has 0 aliphatic carbocycles. The van der Waals surface area contributed by atoms with Crippen LogP contribution in [-0.2, 0) is 4.74 Å². The Balaban J connectivity index is 0.000000181. The first-order valence-corrected chi connectivity index (χ1v) is 4.73. The van der Waals surface area contributed by atoms with Gasteiger partial charge in [0.2, 0.25) is 0 Å². The van der Waals surface area contributed by atoms with Crippen molar-refractivity contribution in [2.75, 3.05) is 7.11 Å². The van der Waals surface area contributed by atoms with Crippen molar-refractivity contribution < 1.29 is 4.74 Å². The SMILES string of the molecule is COC=Cc1ccccc1.c1ncncn1. The zero-order valence-electron chi connectivity index (χ0n) is 9.02. The summed E-state index contributed by atoms with van der Waals surface area (Å²) in [4.78, 5) is 10.7. The van der Waals surface area contributed by atoms with E-state index in [-0.39, 0.29) is 0 Å². The van der Waals surface area contributed by atoms with Gasteiger partial charge in [0, 0.05) is 0 Å². The monoisotopic (exact) mass is 215 g/mol. The van der Waals surface area contributed by atoms with E-state index in [1.54, 1.807) is 13.4 Å². The van der Waals surface area contributed by atoms with Crippen LogP contribution in [0.4, 0.5) is 0 Å². The summed E-state index contributed by atoms with van der Waals surface area (Å²) < 4.78 is 4.77. The molecular weight excluding hydrogens is 202 g/mol. The minimum absolute atomic E-state index is 1.16. The smallest absolute Gasteiger partial charge is 0.119 e. The molecular formula is C12H13N3O. The molecule has 0 fully saturated rings. The molecule has 2 aromatic rings. The molecule has 0 amide bonds. The van der Waals surface area contributed by atoms with Crippen LogP contribution in [0.15, 0.2) is 55.6 Å². The van der Waals surface area contributed by atoms with E-state index >= 15 is 0 Å². The van der Waals surface area contributed by atoms with Gasteiger partial charge in [0.1, 0.15) is 19.0 Å². The van der Waals surface area contributed by atoms with Crippen molar-refractivity contribution in [2.45, 2.75) is 0 Å². The average Bonchev–Trinajstić information content (AvgIpc) is 2.40. The van der Waals surface area contributed by atoms with Crippen molar-refractivity contribution in [1.29, 1.82) is 0 Å². The lowest BCUT2D eigenvalue weighted by Gasteiger charge is -1.89. The predicted octanol–water partition coefficient (Wildman–Crippen LogP) is 2.18. The zero-order chi connectivity index (χ0) is 11.5. The van der Waals surface area contributed by atoms with Crippen LogP contribution in [0.2, 0.25) is 0 Å². The molecule has 0 aliphatic heterocycles. The Labute approximate surface area is 94.7 Å². The van der Waals surface area contributed by atoms with Crippen LogP contribution in [0.25, 0.3) is 6.08 Å². The van der Waals surface area contributed by atoms with Crippen LogP contribution in [0.1, 0.15) is 5.56 Å². The molecule has 4 nitrogen and oxygen atoms in total. The molecule has 4 heteroatoms. The van der Waals surface area contributed by atoms with Gasteiger partial charge in [0.25, 0.3) is 0 Å². The van der Waals surface area contributed by atoms with Gasteiger partial charge >= 0.3 is 0 Å². The van der Waals surface area contributed by atoms with Gasteiger partial charge in [0.15, 0.2) is 0 Å². The van der Waals surface area contributed by atoms with E-state index in [1.165, 1.54) is 19.0 Å². The Hall–Kier alpha value is -2.23. The summed E-state index contributed by atoms with van der Waals surface area (Å²) in [6.07, 6.45) is 7.89. The van der Waals surface area contributed by atoms with Gasteiger partial charge in [-0.05, 0) is 11.6 Å². The third kappa shape index (κ3) is 5.49. The summed E-state index contributed by atoms with van der Waals surface area (Å²) >= 11 is 0. The molecule has 2 rings (SSSR count). The van der Waals surface area contributed by atoms with E-state index in [0.717, 1.165) is 5.56 Å². The molecule has 82 valence electrons. The van der Waals surface area contributed by atoms with Crippen molar-refractivity contribution >= 4 is 6.08 Å². The molecule has 1 aromatic carbocycles. The van der Waals surface area contributed by atoms with Crippen molar-refractivity contribution in [2.24, 2.45) is 0 Å². The molecule has 0 spiro atoms. The van der Waals surface area contributed by atoms with Gasteiger partial charge in [-0.2, -0.15) is 0 Å². The van der Waals surface area contributed by atoms with E-state index in [0.29, 0.717) is 0 Å². The molecule has 0 unspecified atom stereocenters. The number of rotatable bonds is 2. The second kappa shape index (κ2) is 8.11. The topological polar surface area (TPSA) is 47.9 Å². The predicted molar refractivity (Wildman–Crippen MR) is 62.3 cm³/mol. The van der Waals surface area contributed by atoms with Crippen LogP contribution < -0.4 is 0 Å². The van der Waals surface area contributed by atoms with E-state index in [9.17, 15) is 0 Å². The Morgan fingerprint density at radius 2 is 1.50 bits per heavy atom. The summed E-state index contributed by atoms with van der Waals surface area (Å²) in [5.41, 5.74) is 1.16. The molecule has 1 aromatic heterocycles. The van der Waals surface area contributed by atoms with Gasteiger partial charge in [-0.25, -0.2) is 15.0 Å². The fourth-order valence-electron chi connectivity index (χ4n) is 0.916. The Morgan fingerprint density at radius 1 is 0.938 bits per heavy atom. The van der Waals surface area contributed by atoms with E-state index in [1.807, 2.05) is 36.4 Å². The maximum atomic E-state index is 4.77. The lowest BCUT2D eigenvalue weighted by Crippen LogP contribution is -1.73. The number of hydrogen-bond acceptors (Lipinski definition) is 4. The highest BCUT2D eigenvalue weighted by Gasteiger charge is 1.79. The molecule has 0 saturated heterocycles. The van der Waals surface area contributed by atoms with Gasteiger partial charge in [-0.1, -0.05) is 30.3 Å². The fraction of sp³-hybridized carbons (Fsp3) is 0.0833. The first kappa shape index (κ1) is 11.8. The van der Waals surface area contributed by atoms with Gasteiger partial charge < -0.3 is 4.74 Å². The van der Waals surface area contributed by atoms with Crippen LogP contribution >= 0.6 is 0 Å². The molecule has 0 N–H and O–H groups in total. The second-order valence-electron chi connectivity index (χ2n) is 2.74. The van der Waals surface area contributed by atoms with Crippen LogP contribution in [0, 0.1) is 0 Å². The third-order valence-electron chi connectivity index (χ3n) is 1.60. The number of ether oxygens (including phenoxy) is 1. The Morgan fingerprint density at radius 3 is 1.94 bits per heavy atom. The highest BCUT2D eigenvalue weighted by atomic mass is 16.5. The summed E-state index contributed by atoms with van der Waals surface area (Å²) in [7, 11) is 1.64. The molecule has 0 atom stereocenters. The third-order valence-corrected chi connectivity index (χ3v) is 1.60. The zero-order valence-corrected chi connectivity index (χ0v) is 9.02. The van der Waals surface area contributed by atoms with Crippen LogP contribution in [0.5, 0.6) is 0 Å². The molecule has 1 heterocycles. The molecule has 0 aliphatic rings. The summed E-state index contributed by atoms with van der Waals surface area (Å²) in [5, 5.41) is 0. The number of methoxy groups -OCH3 is 1. The van der Waals surface area contributed by atoms with Crippen molar-refractivity contribution in [3.63, 3.8) is 0 Å². The summed E-state index contributed by atoms with van der Waals surface area (Å²) in [6, 6.07) is 10.0. The summed E-state index contributed by atoms with van der Waals surface area (Å²) in [5.74, 6) is 0. The van der Waals surface area contributed by atoms with Crippen molar-refractivity contribution in [3.8, 4) is 0 Å². The minimum atomic E-state index is 1.16. The maximum absolute atomic E-state index is 4.77.